The molecule has 6 heteroatoms. The predicted molar refractivity (Wildman–Crippen MR) is 88.8 cm³/mol. The Morgan fingerprint density at radius 1 is 0.955 bits per heavy atom. The summed E-state index contributed by atoms with van der Waals surface area (Å²) in [4.78, 5) is 2.16. The lowest BCUT2D eigenvalue weighted by molar-refractivity contribution is 0.602. The van der Waals surface area contributed by atoms with E-state index < -0.39 is 9.84 Å². The maximum Gasteiger partial charge on any atom is 0.175 e. The lowest BCUT2D eigenvalue weighted by Crippen LogP contribution is -2.05. The summed E-state index contributed by atoms with van der Waals surface area (Å²) in [5.74, 6) is 0. The van der Waals surface area contributed by atoms with Gasteiger partial charge in [0.15, 0.2) is 9.84 Å². The number of sulfone groups is 1. The molecule has 0 fully saturated rings. The summed E-state index contributed by atoms with van der Waals surface area (Å²) in [7, 11) is -1.28. The van der Waals surface area contributed by atoms with Gasteiger partial charge in [-0.2, -0.15) is 10.2 Å². The molecule has 0 spiro atoms. The van der Waals surface area contributed by atoms with Gasteiger partial charge in [0.25, 0.3) is 0 Å². The van der Waals surface area contributed by atoms with Gasteiger partial charge in [-0.15, -0.1) is 0 Å². The Hall–Kier alpha value is -2.47. The number of nitrogens with zero attached hydrogens (tertiary/aromatic N) is 3. The minimum Gasteiger partial charge on any atom is -0.352 e. The van der Waals surface area contributed by atoms with Crippen molar-refractivity contribution in [1.82, 2.24) is 0 Å². The molecule has 0 atom stereocenters. The summed E-state index contributed by atoms with van der Waals surface area (Å²) in [5, 5.41) is 8.22. The zero-order chi connectivity index (χ0) is 16.2. The van der Waals surface area contributed by atoms with Crippen molar-refractivity contribution >= 4 is 26.9 Å². The van der Waals surface area contributed by atoms with Gasteiger partial charge < -0.3 is 4.90 Å². The Bertz CT molecular complexity index is 779. The first-order valence-electron chi connectivity index (χ1n) is 6.57. The van der Waals surface area contributed by atoms with E-state index in [-0.39, 0.29) is 4.90 Å². The Morgan fingerprint density at radius 3 is 1.82 bits per heavy atom. The van der Waals surface area contributed by atoms with Gasteiger partial charge >= 0.3 is 0 Å². The lowest BCUT2D eigenvalue weighted by Gasteiger charge is -2.12. The standard InChI is InChI=1S/C16H17N3O2S/c1-4-19(2)15-9-5-13(6-10-15)17-18-14-7-11-16(12-8-14)22(3,20)21/h4-12H,1H2,2-3H3. The second kappa shape index (κ2) is 6.53. The Labute approximate surface area is 130 Å². The van der Waals surface area contributed by atoms with Gasteiger partial charge in [0.2, 0.25) is 0 Å². The monoisotopic (exact) mass is 315 g/mol. The van der Waals surface area contributed by atoms with E-state index in [2.05, 4.69) is 16.8 Å². The summed E-state index contributed by atoms with van der Waals surface area (Å²) in [6, 6.07) is 13.8. The second-order valence-electron chi connectivity index (χ2n) is 4.78. The molecule has 0 aromatic heterocycles. The summed E-state index contributed by atoms with van der Waals surface area (Å²) in [6.45, 7) is 3.70. The highest BCUT2D eigenvalue weighted by Gasteiger charge is 2.05. The van der Waals surface area contributed by atoms with Crippen molar-refractivity contribution in [3.8, 4) is 0 Å². The Balaban J connectivity index is 2.13. The predicted octanol–water partition coefficient (Wildman–Crippen LogP) is 4.09. The SMILES string of the molecule is C=CN(C)c1ccc(N=Nc2ccc(S(C)(=O)=O)cc2)cc1. The molecule has 0 radical (unpaired) electrons. The molecule has 2 aromatic carbocycles. The quantitative estimate of drug-likeness (QED) is 0.781. The normalized spacial score (nSPS) is 11.5. The summed E-state index contributed by atoms with van der Waals surface area (Å²) in [6.07, 6.45) is 2.89. The molecule has 0 amide bonds. The highest BCUT2D eigenvalue weighted by molar-refractivity contribution is 7.90. The molecule has 0 unspecified atom stereocenters. The number of azo groups is 1. The zero-order valence-electron chi connectivity index (χ0n) is 12.5. The van der Waals surface area contributed by atoms with Crippen molar-refractivity contribution < 1.29 is 8.42 Å². The van der Waals surface area contributed by atoms with Crippen LogP contribution in [0.25, 0.3) is 0 Å². The smallest absolute Gasteiger partial charge is 0.175 e. The fourth-order valence-corrected chi connectivity index (χ4v) is 2.37. The molecule has 114 valence electrons. The van der Waals surface area contributed by atoms with Crippen LogP contribution in [0.15, 0.2) is 76.4 Å². The highest BCUT2D eigenvalue weighted by atomic mass is 32.2. The molecule has 0 saturated heterocycles. The van der Waals surface area contributed by atoms with E-state index in [0.29, 0.717) is 11.4 Å². The topological polar surface area (TPSA) is 62.1 Å². The van der Waals surface area contributed by atoms with Crippen molar-refractivity contribution in [2.45, 2.75) is 4.90 Å². The van der Waals surface area contributed by atoms with Gasteiger partial charge in [0, 0.05) is 19.0 Å². The van der Waals surface area contributed by atoms with E-state index in [1.54, 1.807) is 18.3 Å². The molecule has 5 nitrogen and oxygen atoms in total. The molecule has 0 aliphatic rings. The molecule has 0 aliphatic carbocycles. The van der Waals surface area contributed by atoms with Crippen LogP contribution in [0.2, 0.25) is 0 Å². The molecular weight excluding hydrogens is 298 g/mol. The van der Waals surface area contributed by atoms with Gasteiger partial charge in [-0.25, -0.2) is 8.42 Å². The molecule has 0 N–H and O–H groups in total. The molecule has 0 heterocycles. The van der Waals surface area contributed by atoms with Crippen LogP contribution in [0.1, 0.15) is 0 Å². The zero-order valence-corrected chi connectivity index (χ0v) is 13.3. The first kappa shape index (κ1) is 15.9. The van der Waals surface area contributed by atoms with Crippen LogP contribution in [-0.4, -0.2) is 21.7 Å². The van der Waals surface area contributed by atoms with Crippen LogP contribution in [0, 0.1) is 0 Å². The fraction of sp³-hybridized carbons (Fsp3) is 0.125. The minimum absolute atomic E-state index is 0.267. The van der Waals surface area contributed by atoms with E-state index >= 15 is 0 Å². The van der Waals surface area contributed by atoms with Crippen molar-refractivity contribution in [2.75, 3.05) is 18.2 Å². The lowest BCUT2D eigenvalue weighted by atomic mass is 10.3. The van der Waals surface area contributed by atoms with Gasteiger partial charge in [-0.05, 0) is 54.7 Å². The van der Waals surface area contributed by atoms with Gasteiger partial charge in [0.1, 0.15) is 0 Å². The van der Waals surface area contributed by atoms with Crippen LogP contribution in [0.3, 0.4) is 0 Å². The van der Waals surface area contributed by atoms with Crippen LogP contribution in [0.4, 0.5) is 17.1 Å². The number of benzene rings is 2. The number of rotatable bonds is 5. The highest BCUT2D eigenvalue weighted by Crippen LogP contribution is 2.22. The average Bonchev–Trinajstić information content (AvgIpc) is 2.52. The maximum atomic E-state index is 11.4. The molecule has 2 aromatic rings. The van der Waals surface area contributed by atoms with Gasteiger partial charge in [-0.3, -0.25) is 0 Å². The van der Waals surface area contributed by atoms with Gasteiger partial charge in [0.05, 0.1) is 16.3 Å². The van der Waals surface area contributed by atoms with Crippen LogP contribution >= 0.6 is 0 Å². The maximum absolute atomic E-state index is 11.4. The average molecular weight is 315 g/mol. The fourth-order valence-electron chi connectivity index (χ4n) is 1.74. The summed E-state index contributed by atoms with van der Waals surface area (Å²) in [5.41, 5.74) is 2.32. The number of anilines is 1. The summed E-state index contributed by atoms with van der Waals surface area (Å²) < 4.78 is 22.7. The van der Waals surface area contributed by atoms with E-state index in [0.717, 1.165) is 5.69 Å². The van der Waals surface area contributed by atoms with E-state index in [1.165, 1.54) is 18.4 Å². The number of hydrogen-bond acceptors (Lipinski definition) is 5. The first-order chi connectivity index (χ1) is 10.4. The van der Waals surface area contributed by atoms with E-state index in [4.69, 9.17) is 0 Å². The third-order valence-electron chi connectivity index (χ3n) is 3.08. The molecule has 0 aliphatic heterocycles. The molecule has 2 rings (SSSR count). The molecule has 0 saturated carbocycles. The van der Waals surface area contributed by atoms with Gasteiger partial charge in [-0.1, -0.05) is 6.58 Å². The Kier molecular flexibility index (Phi) is 4.72. The van der Waals surface area contributed by atoms with Crippen molar-refractivity contribution in [3.05, 3.63) is 61.3 Å². The third kappa shape index (κ3) is 4.02. The van der Waals surface area contributed by atoms with Crippen LogP contribution < -0.4 is 4.90 Å². The Morgan fingerprint density at radius 2 is 1.41 bits per heavy atom. The molecular formula is C16H17N3O2S. The second-order valence-corrected chi connectivity index (χ2v) is 6.79. The third-order valence-corrected chi connectivity index (χ3v) is 4.21. The largest absolute Gasteiger partial charge is 0.352 e. The molecule has 0 bridgehead atoms. The van der Waals surface area contributed by atoms with Crippen LogP contribution in [0.5, 0.6) is 0 Å². The van der Waals surface area contributed by atoms with Crippen molar-refractivity contribution in [3.63, 3.8) is 0 Å². The minimum atomic E-state index is -3.19. The first-order valence-corrected chi connectivity index (χ1v) is 8.46. The van der Waals surface area contributed by atoms with Crippen LogP contribution in [-0.2, 0) is 9.84 Å². The molecule has 22 heavy (non-hydrogen) atoms. The van der Waals surface area contributed by atoms with E-state index in [9.17, 15) is 8.42 Å². The van der Waals surface area contributed by atoms with E-state index in [1.807, 2.05) is 36.2 Å². The van der Waals surface area contributed by atoms with Crippen molar-refractivity contribution in [1.29, 1.82) is 0 Å². The summed E-state index contributed by atoms with van der Waals surface area (Å²) >= 11 is 0. The number of hydrogen-bond donors (Lipinski definition) is 0. The van der Waals surface area contributed by atoms with Crippen molar-refractivity contribution in [2.24, 2.45) is 10.2 Å².